The fraction of sp³-hybridized carbons (Fsp3) is 0.381. The van der Waals surface area contributed by atoms with Gasteiger partial charge in [0.25, 0.3) is 5.91 Å². The van der Waals surface area contributed by atoms with Crippen molar-refractivity contribution in [3.63, 3.8) is 0 Å². The third-order valence-corrected chi connectivity index (χ3v) is 5.78. The van der Waals surface area contributed by atoms with Crippen molar-refractivity contribution in [3.05, 3.63) is 36.0 Å². The average Bonchev–Trinajstić information content (AvgIpc) is 3.49. The molecule has 1 saturated carbocycles. The highest BCUT2D eigenvalue weighted by molar-refractivity contribution is 6.00. The number of anilines is 5. The first kappa shape index (κ1) is 19.4. The molecule has 1 saturated heterocycles. The number of carbonyl (C=O) groups excluding carboxylic acids is 1. The number of likely N-dealkylation sites (N-methyl/N-ethyl adjacent to an activating group) is 1. The minimum Gasteiger partial charge on any atom is -0.398 e. The first-order chi connectivity index (χ1) is 15.0. The second-order valence-corrected chi connectivity index (χ2v) is 8.30. The first-order valence-electron chi connectivity index (χ1n) is 10.5. The molecule has 0 unspecified atom stereocenters. The number of aromatic nitrogens is 3. The maximum atomic E-state index is 12.9. The molecule has 1 aromatic carbocycles. The van der Waals surface area contributed by atoms with Gasteiger partial charge in [-0.15, -0.1) is 5.10 Å². The van der Waals surface area contributed by atoms with Gasteiger partial charge >= 0.3 is 0 Å². The van der Waals surface area contributed by atoms with Crippen molar-refractivity contribution in [3.8, 4) is 0 Å². The number of hydrogen-bond acceptors (Lipinski definition) is 8. The van der Waals surface area contributed by atoms with Crippen LogP contribution in [-0.4, -0.2) is 69.6 Å². The Morgan fingerprint density at radius 1 is 1.13 bits per heavy atom. The number of carbonyl (C=O) groups is 1. The van der Waals surface area contributed by atoms with Crippen molar-refractivity contribution in [2.75, 3.05) is 55.3 Å². The number of nitrogens with zero attached hydrogens (tertiary/aromatic N) is 5. The quantitative estimate of drug-likeness (QED) is 0.457. The monoisotopic (exact) mass is 421 g/mol. The Morgan fingerprint density at radius 2 is 1.90 bits per heavy atom. The zero-order chi connectivity index (χ0) is 21.5. The molecule has 0 atom stereocenters. The van der Waals surface area contributed by atoms with Crippen molar-refractivity contribution < 1.29 is 4.79 Å². The highest BCUT2D eigenvalue weighted by atomic mass is 16.2. The number of imidazole rings is 1. The van der Waals surface area contributed by atoms with Crippen LogP contribution in [0.15, 0.2) is 30.5 Å². The van der Waals surface area contributed by atoms with Crippen molar-refractivity contribution in [2.45, 2.75) is 18.9 Å². The summed E-state index contributed by atoms with van der Waals surface area (Å²) in [6, 6.07) is 7.76. The molecule has 1 amide bonds. The van der Waals surface area contributed by atoms with Gasteiger partial charge in [0.2, 0.25) is 0 Å². The number of nitrogens with one attached hydrogen (secondary N) is 2. The lowest BCUT2D eigenvalue weighted by Gasteiger charge is -2.32. The van der Waals surface area contributed by atoms with Gasteiger partial charge in [-0.1, -0.05) is 0 Å². The molecule has 10 heteroatoms. The highest BCUT2D eigenvalue weighted by Crippen LogP contribution is 2.30. The summed E-state index contributed by atoms with van der Waals surface area (Å²) in [5, 5.41) is 11.3. The van der Waals surface area contributed by atoms with Gasteiger partial charge in [0.05, 0.1) is 17.4 Å². The van der Waals surface area contributed by atoms with Gasteiger partial charge in [0, 0.05) is 49.7 Å². The smallest absolute Gasteiger partial charge is 0.256 e. The Morgan fingerprint density at radius 3 is 2.61 bits per heavy atom. The Labute approximate surface area is 180 Å². The summed E-state index contributed by atoms with van der Waals surface area (Å²) in [6.07, 6.45) is 3.89. The Balaban J connectivity index is 1.37. The lowest BCUT2D eigenvalue weighted by atomic mass is 10.1. The van der Waals surface area contributed by atoms with Crippen molar-refractivity contribution >= 4 is 40.3 Å². The Kier molecular flexibility index (Phi) is 4.78. The second-order valence-electron chi connectivity index (χ2n) is 8.30. The van der Waals surface area contributed by atoms with E-state index in [1.165, 1.54) is 0 Å². The minimum atomic E-state index is -0.0289. The molecule has 31 heavy (non-hydrogen) atoms. The zero-order valence-corrected chi connectivity index (χ0v) is 17.5. The lowest BCUT2D eigenvalue weighted by Crippen LogP contribution is -2.47. The summed E-state index contributed by atoms with van der Waals surface area (Å²) in [6.45, 7) is 3.16. The van der Waals surface area contributed by atoms with Crippen LogP contribution in [0.3, 0.4) is 0 Å². The molecule has 2 aromatic heterocycles. The molecular formula is C21H27N9O. The van der Waals surface area contributed by atoms with Crippen molar-refractivity contribution in [1.29, 1.82) is 0 Å². The fourth-order valence-electron chi connectivity index (χ4n) is 3.76. The van der Waals surface area contributed by atoms with E-state index in [1.807, 2.05) is 17.0 Å². The maximum Gasteiger partial charge on any atom is 0.256 e. The van der Waals surface area contributed by atoms with E-state index in [-0.39, 0.29) is 5.91 Å². The Hall–Kier alpha value is -3.53. The molecule has 0 bridgehead atoms. The molecule has 5 rings (SSSR count). The predicted molar refractivity (Wildman–Crippen MR) is 122 cm³/mol. The van der Waals surface area contributed by atoms with E-state index in [4.69, 9.17) is 11.5 Å². The summed E-state index contributed by atoms with van der Waals surface area (Å²) in [4.78, 5) is 21.3. The van der Waals surface area contributed by atoms with Crippen LogP contribution < -0.4 is 22.1 Å². The van der Waals surface area contributed by atoms with Crippen LogP contribution >= 0.6 is 0 Å². The predicted octanol–water partition coefficient (Wildman–Crippen LogP) is 1.60. The molecule has 1 aliphatic carbocycles. The summed E-state index contributed by atoms with van der Waals surface area (Å²) in [7, 11) is 2.06. The van der Waals surface area contributed by atoms with Crippen molar-refractivity contribution in [2.24, 2.45) is 0 Å². The molecule has 1 aliphatic heterocycles. The molecule has 0 spiro atoms. The number of piperazine rings is 1. The largest absolute Gasteiger partial charge is 0.398 e. The summed E-state index contributed by atoms with van der Waals surface area (Å²) in [5.74, 6) is 1.04. The fourth-order valence-corrected chi connectivity index (χ4v) is 3.76. The maximum absolute atomic E-state index is 12.9. The number of amides is 1. The Bertz CT molecular complexity index is 1130. The number of nitrogens with two attached hydrogens (primary N) is 2. The number of benzene rings is 1. The van der Waals surface area contributed by atoms with Gasteiger partial charge in [0.1, 0.15) is 5.82 Å². The van der Waals surface area contributed by atoms with Gasteiger partial charge in [-0.3, -0.25) is 4.79 Å². The average molecular weight is 422 g/mol. The summed E-state index contributed by atoms with van der Waals surface area (Å²) >= 11 is 0. The number of rotatable bonds is 5. The van der Waals surface area contributed by atoms with E-state index >= 15 is 0 Å². The van der Waals surface area contributed by atoms with Gasteiger partial charge < -0.3 is 31.9 Å². The van der Waals surface area contributed by atoms with E-state index in [9.17, 15) is 4.79 Å². The SMILES string of the molecule is CN1CCN(C(=O)c2ccc(Nc3cc(NC4CC4)c4ncc(N)n4n3)cc2N)CC1. The highest BCUT2D eigenvalue weighted by Gasteiger charge is 2.24. The number of hydrogen-bond donors (Lipinski definition) is 4. The molecule has 3 heterocycles. The standard InChI is InChI=1S/C21H27N9O/c1-28-6-8-29(9-7-28)21(31)15-5-4-14(10-16(15)22)26-19-11-17(25-13-2-3-13)20-24-12-18(23)30(20)27-19/h4-5,10-13,25H,2-3,6-9,22-23H2,1H3,(H,26,27). The van der Waals surface area contributed by atoms with E-state index in [0.29, 0.717) is 47.7 Å². The lowest BCUT2D eigenvalue weighted by molar-refractivity contribution is 0.0665. The van der Waals surface area contributed by atoms with Crippen LogP contribution in [0.25, 0.3) is 5.65 Å². The number of fused-ring (bicyclic) bond motifs is 1. The third kappa shape index (κ3) is 3.93. The first-order valence-corrected chi connectivity index (χ1v) is 10.5. The molecule has 10 nitrogen and oxygen atoms in total. The van der Waals surface area contributed by atoms with Crippen LogP contribution in [0.2, 0.25) is 0 Å². The van der Waals surface area contributed by atoms with Gasteiger partial charge in [-0.2, -0.15) is 4.52 Å². The third-order valence-electron chi connectivity index (χ3n) is 5.78. The van der Waals surface area contributed by atoms with E-state index in [1.54, 1.807) is 22.8 Å². The van der Waals surface area contributed by atoms with Crippen molar-refractivity contribution in [1.82, 2.24) is 24.4 Å². The van der Waals surface area contributed by atoms with Gasteiger partial charge in [0.15, 0.2) is 11.5 Å². The molecule has 3 aromatic rings. The molecule has 0 radical (unpaired) electrons. The van der Waals surface area contributed by atoms with Crippen LogP contribution in [0.1, 0.15) is 23.2 Å². The molecule has 2 aliphatic rings. The summed E-state index contributed by atoms with van der Waals surface area (Å²) < 4.78 is 1.61. The van der Waals surface area contributed by atoms with Crippen LogP contribution in [0, 0.1) is 0 Å². The summed E-state index contributed by atoms with van der Waals surface area (Å²) in [5.41, 5.74) is 15.6. The van der Waals surface area contributed by atoms with E-state index in [0.717, 1.165) is 37.3 Å². The topological polar surface area (TPSA) is 130 Å². The van der Waals surface area contributed by atoms with Gasteiger partial charge in [-0.25, -0.2) is 4.98 Å². The normalized spacial score (nSPS) is 17.1. The molecule has 2 fully saturated rings. The van der Waals surface area contributed by atoms with Gasteiger partial charge in [-0.05, 0) is 38.1 Å². The van der Waals surface area contributed by atoms with E-state index in [2.05, 4.69) is 32.7 Å². The molecular weight excluding hydrogens is 394 g/mol. The molecule has 6 N–H and O–H groups in total. The minimum absolute atomic E-state index is 0.0289. The molecule has 162 valence electrons. The van der Waals surface area contributed by atoms with Crippen LogP contribution in [0.5, 0.6) is 0 Å². The number of nitrogen functional groups attached to an aromatic ring is 2. The second kappa shape index (κ2) is 7.62. The van der Waals surface area contributed by atoms with Crippen LogP contribution in [0.4, 0.5) is 28.7 Å². The van der Waals surface area contributed by atoms with Crippen LogP contribution in [-0.2, 0) is 0 Å². The zero-order valence-electron chi connectivity index (χ0n) is 17.5. The van der Waals surface area contributed by atoms with E-state index < -0.39 is 0 Å².